The molecule has 0 spiro atoms. The van der Waals surface area contributed by atoms with Gasteiger partial charge in [-0.15, -0.1) is 0 Å². The normalized spacial score (nSPS) is 11.6. The van der Waals surface area contributed by atoms with Crippen molar-refractivity contribution in [2.24, 2.45) is 0 Å². The number of hydrogen-bond acceptors (Lipinski definition) is 4. The van der Waals surface area contributed by atoms with Crippen molar-refractivity contribution in [1.82, 2.24) is 19.5 Å². The van der Waals surface area contributed by atoms with Crippen molar-refractivity contribution in [3.05, 3.63) is 194 Å². The molecule has 0 aliphatic carbocycles. The Balaban J connectivity index is 1.14. The highest BCUT2D eigenvalue weighted by Gasteiger charge is 2.20. The van der Waals surface area contributed by atoms with E-state index in [9.17, 15) is 0 Å². The second-order valence-corrected chi connectivity index (χ2v) is 14.0. The first-order valence-corrected chi connectivity index (χ1v) is 18.8. The Hall–Kier alpha value is -7.63. The number of furan rings is 1. The molecule has 8 aromatic carbocycles. The average Bonchev–Trinajstić information content (AvgIpc) is 3.82. The van der Waals surface area contributed by atoms with Crippen LogP contribution in [-0.4, -0.2) is 19.5 Å². The fourth-order valence-corrected chi connectivity index (χ4v) is 7.96. The molecule has 0 aliphatic rings. The first-order valence-electron chi connectivity index (χ1n) is 18.8. The van der Waals surface area contributed by atoms with Crippen LogP contribution in [0.5, 0.6) is 0 Å². The van der Waals surface area contributed by atoms with Crippen molar-refractivity contribution in [2.75, 3.05) is 0 Å². The zero-order valence-electron chi connectivity index (χ0n) is 30.2. The second-order valence-electron chi connectivity index (χ2n) is 14.0. The van der Waals surface area contributed by atoms with Gasteiger partial charge in [0.25, 0.3) is 0 Å². The first-order chi connectivity index (χ1) is 27.7. The first kappa shape index (κ1) is 31.9. The predicted octanol–water partition coefficient (Wildman–Crippen LogP) is 13.2. The van der Waals surface area contributed by atoms with E-state index in [-0.39, 0.29) is 0 Å². The van der Waals surface area contributed by atoms with Gasteiger partial charge < -0.3 is 8.98 Å². The van der Waals surface area contributed by atoms with Gasteiger partial charge in [-0.05, 0) is 58.7 Å². The summed E-state index contributed by atoms with van der Waals surface area (Å²) in [6, 6.07) is 67.5. The summed E-state index contributed by atoms with van der Waals surface area (Å²) in [6.07, 6.45) is 0. The van der Waals surface area contributed by atoms with Gasteiger partial charge in [0.05, 0.1) is 22.1 Å². The van der Waals surface area contributed by atoms with Gasteiger partial charge in [-0.2, -0.15) is 0 Å². The molecule has 0 saturated carbocycles. The molecule has 5 heteroatoms. The van der Waals surface area contributed by atoms with Gasteiger partial charge in [-0.1, -0.05) is 158 Å². The summed E-state index contributed by atoms with van der Waals surface area (Å²) in [5.41, 5.74) is 12.3. The Kier molecular flexibility index (Phi) is 7.42. The molecule has 0 bridgehead atoms. The molecular formula is C51H32N4O. The Labute approximate surface area is 322 Å². The van der Waals surface area contributed by atoms with Crippen molar-refractivity contribution in [3.8, 4) is 62.1 Å². The van der Waals surface area contributed by atoms with Crippen LogP contribution in [0.2, 0.25) is 0 Å². The van der Waals surface area contributed by atoms with Gasteiger partial charge in [0, 0.05) is 32.8 Å². The lowest BCUT2D eigenvalue weighted by atomic mass is 10.0. The Morgan fingerprint density at radius 3 is 1.55 bits per heavy atom. The number of rotatable bonds is 6. The molecule has 11 aromatic rings. The molecular weight excluding hydrogens is 685 g/mol. The number of para-hydroxylation sites is 1. The van der Waals surface area contributed by atoms with Crippen LogP contribution in [0.25, 0.3) is 106 Å². The zero-order valence-corrected chi connectivity index (χ0v) is 30.2. The van der Waals surface area contributed by atoms with E-state index < -0.39 is 0 Å². The van der Waals surface area contributed by atoms with E-state index in [1.165, 1.54) is 16.7 Å². The maximum Gasteiger partial charge on any atom is 0.164 e. The molecule has 11 rings (SSSR count). The Morgan fingerprint density at radius 1 is 0.321 bits per heavy atom. The fourth-order valence-electron chi connectivity index (χ4n) is 7.96. The van der Waals surface area contributed by atoms with Gasteiger partial charge in [0.2, 0.25) is 0 Å². The smallest absolute Gasteiger partial charge is 0.164 e. The minimum atomic E-state index is 0.608. The molecule has 0 amide bonds. The average molecular weight is 717 g/mol. The van der Waals surface area contributed by atoms with Crippen molar-refractivity contribution >= 4 is 43.7 Å². The summed E-state index contributed by atoms with van der Waals surface area (Å²) in [5.74, 6) is 1.85. The van der Waals surface area contributed by atoms with E-state index in [4.69, 9.17) is 19.4 Å². The predicted molar refractivity (Wildman–Crippen MR) is 229 cm³/mol. The molecule has 0 aliphatic heterocycles. The fraction of sp³-hybridized carbons (Fsp3) is 0. The molecule has 0 radical (unpaired) electrons. The maximum absolute atomic E-state index is 6.39. The van der Waals surface area contributed by atoms with E-state index in [0.717, 1.165) is 71.7 Å². The minimum Gasteiger partial charge on any atom is -0.456 e. The van der Waals surface area contributed by atoms with Crippen LogP contribution in [-0.2, 0) is 0 Å². The van der Waals surface area contributed by atoms with E-state index >= 15 is 0 Å². The van der Waals surface area contributed by atoms with Crippen molar-refractivity contribution < 1.29 is 4.42 Å². The van der Waals surface area contributed by atoms with Crippen LogP contribution in [0.3, 0.4) is 0 Å². The number of benzene rings is 8. The molecule has 3 heterocycles. The highest BCUT2D eigenvalue weighted by molar-refractivity contribution is 6.15. The lowest BCUT2D eigenvalue weighted by Crippen LogP contribution is -2.00. The molecule has 56 heavy (non-hydrogen) atoms. The lowest BCUT2D eigenvalue weighted by Gasteiger charge is -2.12. The third kappa shape index (κ3) is 5.37. The minimum absolute atomic E-state index is 0.608. The van der Waals surface area contributed by atoms with Gasteiger partial charge in [0.15, 0.2) is 17.5 Å². The maximum atomic E-state index is 6.39. The second kappa shape index (κ2) is 13.0. The molecule has 262 valence electrons. The lowest BCUT2D eigenvalue weighted by molar-refractivity contribution is 0.669. The van der Waals surface area contributed by atoms with E-state index in [0.29, 0.717) is 17.5 Å². The van der Waals surface area contributed by atoms with Crippen LogP contribution in [0.1, 0.15) is 0 Å². The number of aromatic nitrogens is 4. The molecule has 0 N–H and O–H groups in total. The van der Waals surface area contributed by atoms with Crippen molar-refractivity contribution in [1.29, 1.82) is 0 Å². The topological polar surface area (TPSA) is 56.7 Å². The number of fused-ring (bicyclic) bond motifs is 6. The van der Waals surface area contributed by atoms with Crippen molar-refractivity contribution in [2.45, 2.75) is 0 Å². The summed E-state index contributed by atoms with van der Waals surface area (Å²) in [6.45, 7) is 0. The summed E-state index contributed by atoms with van der Waals surface area (Å²) < 4.78 is 8.76. The van der Waals surface area contributed by atoms with Crippen LogP contribution in [0.4, 0.5) is 0 Å². The Morgan fingerprint density at radius 2 is 0.839 bits per heavy atom. The molecule has 0 fully saturated rings. The summed E-state index contributed by atoms with van der Waals surface area (Å²) in [5, 5.41) is 4.46. The van der Waals surface area contributed by atoms with E-state index in [2.05, 4.69) is 150 Å². The van der Waals surface area contributed by atoms with Gasteiger partial charge in [-0.25, -0.2) is 15.0 Å². The van der Waals surface area contributed by atoms with Crippen molar-refractivity contribution in [3.63, 3.8) is 0 Å². The molecule has 5 nitrogen and oxygen atoms in total. The number of nitrogens with zero attached hydrogens (tertiary/aromatic N) is 4. The standard InChI is InChI=1S/C51H32N4O/c1-4-13-33(14-5-1)35-23-25-37(26-24-35)50-52-49(36-17-8-3-9-18-36)53-51(54-50)39-27-29-40-42-31-38(34-15-6-2-7-16-34)28-30-43(42)55(45(40)32-39)44-20-12-22-47-48(44)41-19-10-11-21-46(41)56-47/h1-32H. The van der Waals surface area contributed by atoms with Crippen LogP contribution < -0.4 is 0 Å². The highest BCUT2D eigenvalue weighted by atomic mass is 16.3. The third-order valence-corrected chi connectivity index (χ3v) is 10.7. The molecule has 0 saturated heterocycles. The van der Waals surface area contributed by atoms with Crippen LogP contribution >= 0.6 is 0 Å². The SMILES string of the molecule is c1ccc(-c2ccc(-c3nc(-c4ccccc4)nc(-c4ccc5c6cc(-c7ccccc7)ccc6n(-c6cccc7oc8ccccc8c67)c5c4)n3)cc2)cc1. The number of hydrogen-bond donors (Lipinski definition) is 0. The third-order valence-electron chi connectivity index (χ3n) is 10.7. The molecule has 0 unspecified atom stereocenters. The summed E-state index contributed by atoms with van der Waals surface area (Å²) in [7, 11) is 0. The van der Waals surface area contributed by atoms with E-state index in [1.54, 1.807) is 0 Å². The summed E-state index contributed by atoms with van der Waals surface area (Å²) in [4.78, 5) is 15.3. The van der Waals surface area contributed by atoms with Gasteiger partial charge >= 0.3 is 0 Å². The van der Waals surface area contributed by atoms with Gasteiger partial charge in [0.1, 0.15) is 11.2 Å². The van der Waals surface area contributed by atoms with Crippen LogP contribution in [0, 0.1) is 0 Å². The van der Waals surface area contributed by atoms with E-state index in [1.807, 2.05) is 48.5 Å². The monoisotopic (exact) mass is 716 g/mol. The quantitative estimate of drug-likeness (QED) is 0.172. The highest BCUT2D eigenvalue weighted by Crippen LogP contribution is 2.41. The zero-order chi connectivity index (χ0) is 37.0. The summed E-state index contributed by atoms with van der Waals surface area (Å²) >= 11 is 0. The van der Waals surface area contributed by atoms with Gasteiger partial charge in [-0.3, -0.25) is 0 Å². The largest absolute Gasteiger partial charge is 0.456 e. The Bertz CT molecular complexity index is 3220. The van der Waals surface area contributed by atoms with Crippen LogP contribution in [0.15, 0.2) is 199 Å². The molecule has 0 atom stereocenters. The molecule has 3 aromatic heterocycles.